The molecule has 0 fully saturated rings. The lowest BCUT2D eigenvalue weighted by Gasteiger charge is -2.19. The number of ether oxygens (including phenoxy) is 1. The second-order valence-corrected chi connectivity index (χ2v) is 3.99. The van der Waals surface area contributed by atoms with Crippen LogP contribution < -0.4 is 5.32 Å². The highest BCUT2D eigenvalue weighted by molar-refractivity contribution is 5.27. The number of benzene rings is 1. The highest BCUT2D eigenvalue weighted by atomic mass is 19.1. The van der Waals surface area contributed by atoms with Gasteiger partial charge in [0.05, 0.1) is 12.6 Å². The van der Waals surface area contributed by atoms with E-state index in [9.17, 15) is 4.39 Å². The van der Waals surface area contributed by atoms with Crippen molar-refractivity contribution in [3.63, 3.8) is 0 Å². The molecule has 0 amide bonds. The van der Waals surface area contributed by atoms with Crippen LogP contribution in [0.2, 0.25) is 0 Å². The van der Waals surface area contributed by atoms with E-state index in [-0.39, 0.29) is 11.9 Å². The first-order valence-electron chi connectivity index (χ1n) is 5.67. The Morgan fingerprint density at radius 1 is 1.44 bits per heavy atom. The van der Waals surface area contributed by atoms with Crippen molar-refractivity contribution in [1.29, 1.82) is 0 Å². The van der Waals surface area contributed by atoms with E-state index >= 15 is 0 Å². The highest BCUT2D eigenvalue weighted by Gasteiger charge is 2.14. The van der Waals surface area contributed by atoms with Gasteiger partial charge in [0.25, 0.3) is 0 Å². The molecule has 1 aromatic carbocycles. The zero-order valence-electron chi connectivity index (χ0n) is 10.2. The molecule has 1 aromatic rings. The summed E-state index contributed by atoms with van der Waals surface area (Å²) in [5, 5.41) is 3.29. The van der Waals surface area contributed by atoms with Crippen molar-refractivity contribution in [2.45, 2.75) is 26.3 Å². The standard InChI is InChI=1S/C13H20FNO/c1-4-7-15-13(9-16-3)11-8-10(2)5-6-12(11)14/h5-6,8,13,15H,4,7,9H2,1-3H3. The maximum Gasteiger partial charge on any atom is 0.128 e. The number of aryl methyl sites for hydroxylation is 1. The third kappa shape index (κ3) is 3.58. The topological polar surface area (TPSA) is 21.3 Å². The van der Waals surface area contributed by atoms with Crippen molar-refractivity contribution >= 4 is 0 Å². The number of hydrogen-bond acceptors (Lipinski definition) is 2. The van der Waals surface area contributed by atoms with E-state index in [1.165, 1.54) is 6.07 Å². The summed E-state index contributed by atoms with van der Waals surface area (Å²) in [5.41, 5.74) is 1.76. The van der Waals surface area contributed by atoms with Crippen LogP contribution in [0.1, 0.15) is 30.5 Å². The van der Waals surface area contributed by atoms with E-state index in [0.29, 0.717) is 12.2 Å². The summed E-state index contributed by atoms with van der Waals surface area (Å²) >= 11 is 0. The first kappa shape index (κ1) is 13.1. The summed E-state index contributed by atoms with van der Waals surface area (Å²) in [6.07, 6.45) is 1.02. The van der Waals surface area contributed by atoms with E-state index in [0.717, 1.165) is 18.5 Å². The van der Waals surface area contributed by atoms with Gasteiger partial charge in [-0.2, -0.15) is 0 Å². The van der Waals surface area contributed by atoms with Crippen LogP contribution in [0.25, 0.3) is 0 Å². The molecular formula is C13H20FNO. The summed E-state index contributed by atoms with van der Waals surface area (Å²) < 4.78 is 18.8. The maximum absolute atomic E-state index is 13.7. The summed E-state index contributed by atoms with van der Waals surface area (Å²) in [6, 6.07) is 5.11. The molecule has 2 nitrogen and oxygen atoms in total. The highest BCUT2D eigenvalue weighted by Crippen LogP contribution is 2.19. The summed E-state index contributed by atoms with van der Waals surface area (Å²) in [7, 11) is 1.63. The molecule has 0 saturated carbocycles. The van der Waals surface area contributed by atoms with E-state index in [1.807, 2.05) is 13.0 Å². The largest absolute Gasteiger partial charge is 0.383 e. The van der Waals surface area contributed by atoms with Gasteiger partial charge in [-0.25, -0.2) is 4.39 Å². The van der Waals surface area contributed by atoms with Gasteiger partial charge in [0, 0.05) is 12.7 Å². The van der Waals surface area contributed by atoms with Crippen molar-refractivity contribution < 1.29 is 9.13 Å². The predicted octanol–water partition coefficient (Wildman–Crippen LogP) is 2.82. The van der Waals surface area contributed by atoms with Gasteiger partial charge in [-0.05, 0) is 26.0 Å². The van der Waals surface area contributed by atoms with Gasteiger partial charge in [-0.1, -0.05) is 24.6 Å². The molecule has 16 heavy (non-hydrogen) atoms. The molecular weight excluding hydrogens is 205 g/mol. The lowest BCUT2D eigenvalue weighted by molar-refractivity contribution is 0.165. The lowest BCUT2D eigenvalue weighted by Crippen LogP contribution is -2.26. The molecule has 0 aliphatic heterocycles. The first-order chi connectivity index (χ1) is 7.69. The number of nitrogens with one attached hydrogen (secondary N) is 1. The number of halogens is 1. The van der Waals surface area contributed by atoms with Crippen molar-refractivity contribution in [2.24, 2.45) is 0 Å². The van der Waals surface area contributed by atoms with Gasteiger partial charge >= 0.3 is 0 Å². The fraction of sp³-hybridized carbons (Fsp3) is 0.538. The molecule has 0 bridgehead atoms. The van der Waals surface area contributed by atoms with Gasteiger partial charge in [-0.15, -0.1) is 0 Å². The number of rotatable bonds is 6. The maximum atomic E-state index is 13.7. The summed E-state index contributed by atoms with van der Waals surface area (Å²) in [4.78, 5) is 0. The summed E-state index contributed by atoms with van der Waals surface area (Å²) in [6.45, 7) is 5.40. The molecule has 0 aliphatic rings. The van der Waals surface area contributed by atoms with E-state index < -0.39 is 0 Å². The Bertz CT molecular complexity index is 328. The minimum Gasteiger partial charge on any atom is -0.383 e. The lowest BCUT2D eigenvalue weighted by atomic mass is 10.0. The van der Waals surface area contributed by atoms with Crippen LogP contribution in [0.15, 0.2) is 18.2 Å². The third-order valence-electron chi connectivity index (χ3n) is 2.50. The van der Waals surface area contributed by atoms with Gasteiger partial charge in [0.2, 0.25) is 0 Å². The Labute approximate surface area is 96.8 Å². The van der Waals surface area contributed by atoms with Gasteiger partial charge < -0.3 is 10.1 Å². The molecule has 3 heteroatoms. The Balaban J connectivity index is 2.85. The van der Waals surface area contributed by atoms with Crippen LogP contribution >= 0.6 is 0 Å². The van der Waals surface area contributed by atoms with Crippen molar-refractivity contribution in [2.75, 3.05) is 20.3 Å². The van der Waals surface area contributed by atoms with Crippen LogP contribution in [0.5, 0.6) is 0 Å². The molecule has 0 aliphatic carbocycles. The van der Waals surface area contributed by atoms with Crippen LogP contribution in [-0.2, 0) is 4.74 Å². The average Bonchev–Trinajstić information content (AvgIpc) is 2.28. The van der Waals surface area contributed by atoms with Crippen molar-refractivity contribution in [1.82, 2.24) is 5.32 Å². The smallest absolute Gasteiger partial charge is 0.128 e. The first-order valence-corrected chi connectivity index (χ1v) is 5.67. The molecule has 0 aromatic heterocycles. The predicted molar refractivity (Wildman–Crippen MR) is 64.0 cm³/mol. The second kappa shape index (κ2) is 6.61. The molecule has 1 rings (SSSR count). The molecule has 0 radical (unpaired) electrons. The zero-order chi connectivity index (χ0) is 12.0. The molecule has 0 heterocycles. The quantitative estimate of drug-likeness (QED) is 0.803. The minimum absolute atomic E-state index is 0.0650. The van der Waals surface area contributed by atoms with Crippen LogP contribution in [0.3, 0.4) is 0 Å². The third-order valence-corrected chi connectivity index (χ3v) is 2.50. The van der Waals surface area contributed by atoms with Crippen LogP contribution in [-0.4, -0.2) is 20.3 Å². The Morgan fingerprint density at radius 3 is 2.81 bits per heavy atom. The number of methoxy groups -OCH3 is 1. The zero-order valence-corrected chi connectivity index (χ0v) is 10.2. The molecule has 90 valence electrons. The van der Waals surface area contributed by atoms with Crippen LogP contribution in [0, 0.1) is 12.7 Å². The Kier molecular flexibility index (Phi) is 5.43. The van der Waals surface area contributed by atoms with E-state index in [2.05, 4.69) is 12.2 Å². The number of hydrogen-bond donors (Lipinski definition) is 1. The fourth-order valence-corrected chi connectivity index (χ4v) is 1.67. The van der Waals surface area contributed by atoms with E-state index in [1.54, 1.807) is 13.2 Å². The van der Waals surface area contributed by atoms with Gasteiger partial charge in [0.1, 0.15) is 5.82 Å². The van der Waals surface area contributed by atoms with Gasteiger partial charge in [-0.3, -0.25) is 0 Å². The van der Waals surface area contributed by atoms with Crippen molar-refractivity contribution in [3.8, 4) is 0 Å². The second-order valence-electron chi connectivity index (χ2n) is 3.99. The fourth-order valence-electron chi connectivity index (χ4n) is 1.67. The molecule has 0 spiro atoms. The molecule has 1 unspecified atom stereocenters. The monoisotopic (exact) mass is 225 g/mol. The van der Waals surface area contributed by atoms with Gasteiger partial charge in [0.15, 0.2) is 0 Å². The Morgan fingerprint density at radius 2 is 2.19 bits per heavy atom. The molecule has 1 atom stereocenters. The average molecular weight is 225 g/mol. The molecule has 1 N–H and O–H groups in total. The van der Waals surface area contributed by atoms with Crippen molar-refractivity contribution in [3.05, 3.63) is 35.1 Å². The normalized spacial score (nSPS) is 12.8. The van der Waals surface area contributed by atoms with Crippen LogP contribution in [0.4, 0.5) is 4.39 Å². The summed E-state index contributed by atoms with van der Waals surface area (Å²) in [5.74, 6) is -0.170. The molecule has 0 saturated heterocycles. The van der Waals surface area contributed by atoms with E-state index in [4.69, 9.17) is 4.74 Å². The Hall–Kier alpha value is -0.930. The minimum atomic E-state index is -0.170. The SMILES string of the molecule is CCCNC(COC)c1cc(C)ccc1F.